The largest absolute Gasteiger partial charge is 0.349 e. The topological polar surface area (TPSA) is 72.7 Å². The van der Waals surface area contributed by atoms with E-state index < -0.39 is 0 Å². The lowest BCUT2D eigenvalue weighted by atomic mass is 10.1. The number of nitrogens with one attached hydrogen (secondary N) is 1. The Kier molecular flexibility index (Phi) is 5.14. The Morgan fingerprint density at radius 2 is 2.39 bits per heavy atom. The van der Waals surface area contributed by atoms with E-state index in [9.17, 15) is 4.79 Å². The van der Waals surface area contributed by atoms with Gasteiger partial charge in [-0.3, -0.25) is 9.48 Å². The number of thiophene rings is 1. The molecule has 0 spiro atoms. The first-order chi connectivity index (χ1) is 11.3. The van der Waals surface area contributed by atoms with E-state index in [-0.39, 0.29) is 11.9 Å². The second kappa shape index (κ2) is 7.47. The molecule has 0 bridgehead atoms. The first-order valence-corrected chi connectivity index (χ1v) is 9.12. The number of aromatic nitrogens is 4. The van der Waals surface area contributed by atoms with Crippen LogP contribution in [0.3, 0.4) is 0 Å². The Hall–Kier alpha value is -2.06. The van der Waals surface area contributed by atoms with Gasteiger partial charge in [-0.05, 0) is 46.4 Å². The van der Waals surface area contributed by atoms with E-state index in [2.05, 4.69) is 38.4 Å². The standard InChI is InChI=1S/C15H17N5OS2/c1-2-4-12-14(23-19-18-12)15(21)16-9-13(11-5-8-22-10-11)20-7-3-6-17-20/h3,5-8,10,13H,2,4,9H2,1H3,(H,16,21)/t13-/m1/s1. The van der Waals surface area contributed by atoms with Crippen LogP contribution in [0.25, 0.3) is 0 Å². The van der Waals surface area contributed by atoms with Crippen molar-refractivity contribution in [3.63, 3.8) is 0 Å². The summed E-state index contributed by atoms with van der Waals surface area (Å²) in [4.78, 5) is 13.0. The highest BCUT2D eigenvalue weighted by molar-refractivity contribution is 7.08. The normalized spacial score (nSPS) is 12.2. The molecule has 0 aliphatic rings. The molecule has 6 nitrogen and oxygen atoms in total. The average molecular weight is 347 g/mol. The molecule has 3 aromatic rings. The molecule has 0 saturated carbocycles. The molecule has 3 rings (SSSR count). The van der Waals surface area contributed by atoms with Crippen molar-refractivity contribution < 1.29 is 4.79 Å². The molecule has 1 N–H and O–H groups in total. The molecular formula is C15H17N5OS2. The van der Waals surface area contributed by atoms with Crippen LogP contribution in [0, 0.1) is 0 Å². The number of hydrogen-bond acceptors (Lipinski definition) is 6. The van der Waals surface area contributed by atoms with Gasteiger partial charge in [-0.1, -0.05) is 17.8 Å². The van der Waals surface area contributed by atoms with Crippen LogP contribution in [0.1, 0.15) is 40.3 Å². The van der Waals surface area contributed by atoms with E-state index in [4.69, 9.17) is 0 Å². The quantitative estimate of drug-likeness (QED) is 0.713. The summed E-state index contributed by atoms with van der Waals surface area (Å²) in [6.45, 7) is 2.53. The highest BCUT2D eigenvalue weighted by atomic mass is 32.1. The summed E-state index contributed by atoms with van der Waals surface area (Å²) in [5.74, 6) is -0.115. The third-order valence-electron chi connectivity index (χ3n) is 3.48. The van der Waals surface area contributed by atoms with Gasteiger partial charge in [0.25, 0.3) is 5.91 Å². The van der Waals surface area contributed by atoms with Crippen LogP contribution >= 0.6 is 22.9 Å². The Balaban J connectivity index is 1.72. The van der Waals surface area contributed by atoms with Crippen molar-refractivity contribution in [2.24, 2.45) is 0 Å². The van der Waals surface area contributed by atoms with Gasteiger partial charge in [0.05, 0.1) is 11.7 Å². The van der Waals surface area contributed by atoms with Crippen molar-refractivity contribution in [3.8, 4) is 0 Å². The number of carbonyl (C=O) groups is 1. The molecule has 120 valence electrons. The van der Waals surface area contributed by atoms with Crippen LogP contribution in [0.4, 0.5) is 0 Å². The second-order valence-corrected chi connectivity index (χ2v) is 6.60. The molecule has 0 unspecified atom stereocenters. The van der Waals surface area contributed by atoms with Gasteiger partial charge in [0.2, 0.25) is 0 Å². The SMILES string of the molecule is CCCc1nnsc1C(=O)NC[C@H](c1ccsc1)n1cccn1. The minimum atomic E-state index is -0.115. The van der Waals surface area contributed by atoms with Crippen molar-refractivity contribution >= 4 is 28.8 Å². The summed E-state index contributed by atoms with van der Waals surface area (Å²) in [7, 11) is 0. The maximum Gasteiger partial charge on any atom is 0.265 e. The lowest BCUT2D eigenvalue weighted by Crippen LogP contribution is -2.31. The zero-order valence-corrected chi connectivity index (χ0v) is 14.3. The van der Waals surface area contributed by atoms with E-state index in [0.717, 1.165) is 35.6 Å². The van der Waals surface area contributed by atoms with Gasteiger partial charge in [-0.25, -0.2) is 0 Å². The molecule has 0 saturated heterocycles. The molecule has 1 atom stereocenters. The van der Waals surface area contributed by atoms with Crippen LogP contribution < -0.4 is 5.32 Å². The van der Waals surface area contributed by atoms with Crippen LogP contribution in [-0.2, 0) is 6.42 Å². The maximum absolute atomic E-state index is 12.4. The van der Waals surface area contributed by atoms with E-state index in [1.54, 1.807) is 17.5 Å². The third-order valence-corrected chi connectivity index (χ3v) is 4.95. The molecule has 3 heterocycles. The zero-order valence-electron chi connectivity index (χ0n) is 12.7. The van der Waals surface area contributed by atoms with Gasteiger partial charge in [0, 0.05) is 18.9 Å². The molecule has 1 amide bonds. The Morgan fingerprint density at radius 3 is 3.09 bits per heavy atom. The fourth-order valence-corrected chi connectivity index (χ4v) is 3.68. The fourth-order valence-electron chi connectivity index (χ4n) is 2.34. The van der Waals surface area contributed by atoms with Crippen LogP contribution in [0.5, 0.6) is 0 Å². The number of hydrogen-bond donors (Lipinski definition) is 1. The van der Waals surface area contributed by atoms with Crippen molar-refractivity contribution in [1.82, 2.24) is 24.7 Å². The highest BCUT2D eigenvalue weighted by Gasteiger charge is 2.19. The molecule has 0 aliphatic heterocycles. The van der Waals surface area contributed by atoms with Gasteiger partial charge in [-0.2, -0.15) is 16.4 Å². The molecule has 8 heteroatoms. The summed E-state index contributed by atoms with van der Waals surface area (Å²) < 4.78 is 5.76. The molecule has 23 heavy (non-hydrogen) atoms. The minimum Gasteiger partial charge on any atom is -0.349 e. The van der Waals surface area contributed by atoms with E-state index >= 15 is 0 Å². The van der Waals surface area contributed by atoms with Crippen LogP contribution in [0.15, 0.2) is 35.3 Å². The number of amides is 1. The van der Waals surface area contributed by atoms with Crippen LogP contribution in [-0.4, -0.2) is 31.8 Å². The van der Waals surface area contributed by atoms with Gasteiger partial charge in [0.1, 0.15) is 4.88 Å². The fraction of sp³-hybridized carbons (Fsp3) is 0.333. The van der Waals surface area contributed by atoms with E-state index in [0.29, 0.717) is 11.4 Å². The number of rotatable bonds is 7. The molecule has 0 aliphatic carbocycles. The van der Waals surface area contributed by atoms with E-state index in [1.165, 1.54) is 0 Å². The molecule has 0 aromatic carbocycles. The number of aryl methyl sites for hydroxylation is 1. The third kappa shape index (κ3) is 3.65. The van der Waals surface area contributed by atoms with Gasteiger partial charge in [-0.15, -0.1) is 5.10 Å². The van der Waals surface area contributed by atoms with Gasteiger partial charge < -0.3 is 5.32 Å². The van der Waals surface area contributed by atoms with Gasteiger partial charge >= 0.3 is 0 Å². The molecular weight excluding hydrogens is 330 g/mol. The zero-order chi connectivity index (χ0) is 16.1. The summed E-state index contributed by atoms with van der Waals surface area (Å²) >= 11 is 2.79. The van der Waals surface area contributed by atoms with Crippen molar-refractivity contribution in [1.29, 1.82) is 0 Å². The molecule has 3 aromatic heterocycles. The minimum absolute atomic E-state index is 0.0179. The smallest absolute Gasteiger partial charge is 0.265 e. The average Bonchev–Trinajstić information content (AvgIpc) is 3.30. The van der Waals surface area contributed by atoms with Crippen molar-refractivity contribution in [2.75, 3.05) is 6.54 Å². The Labute approximate surface area is 142 Å². The summed E-state index contributed by atoms with van der Waals surface area (Å²) in [6, 6.07) is 3.92. The summed E-state index contributed by atoms with van der Waals surface area (Å²) in [6.07, 6.45) is 5.36. The molecule has 0 fully saturated rings. The maximum atomic E-state index is 12.4. The first-order valence-electron chi connectivity index (χ1n) is 7.40. The predicted octanol–water partition coefficient (Wildman–Crippen LogP) is 2.77. The van der Waals surface area contributed by atoms with Gasteiger partial charge in [0.15, 0.2) is 0 Å². The second-order valence-electron chi connectivity index (χ2n) is 5.07. The van der Waals surface area contributed by atoms with Crippen molar-refractivity contribution in [2.45, 2.75) is 25.8 Å². The Bertz CT molecular complexity index is 702. The summed E-state index contributed by atoms with van der Waals surface area (Å²) in [5, 5.41) is 15.5. The lowest BCUT2D eigenvalue weighted by Gasteiger charge is -2.17. The monoisotopic (exact) mass is 347 g/mol. The van der Waals surface area contributed by atoms with E-state index in [1.807, 2.05) is 22.3 Å². The van der Waals surface area contributed by atoms with Crippen molar-refractivity contribution in [3.05, 3.63) is 51.4 Å². The predicted molar refractivity (Wildman–Crippen MR) is 90.9 cm³/mol. The van der Waals surface area contributed by atoms with Crippen LogP contribution in [0.2, 0.25) is 0 Å². The first kappa shape index (κ1) is 15.8. The molecule has 0 radical (unpaired) electrons. The Morgan fingerprint density at radius 1 is 1.48 bits per heavy atom. The lowest BCUT2D eigenvalue weighted by molar-refractivity contribution is 0.0952. The number of carbonyl (C=O) groups excluding carboxylic acids is 1. The highest BCUT2D eigenvalue weighted by Crippen LogP contribution is 2.20. The summed E-state index contributed by atoms with van der Waals surface area (Å²) in [5.41, 5.74) is 1.91. The number of nitrogens with zero attached hydrogens (tertiary/aromatic N) is 4.